The minimum Gasteiger partial charge on any atom is -0.466 e. The Balaban J connectivity index is 2.46. The van der Waals surface area contributed by atoms with Crippen LogP contribution < -0.4 is 5.56 Å². The van der Waals surface area contributed by atoms with Gasteiger partial charge >= 0.3 is 17.9 Å². The molecule has 1 aromatic carbocycles. The summed E-state index contributed by atoms with van der Waals surface area (Å²) in [5.41, 5.74) is -0.244. The van der Waals surface area contributed by atoms with Gasteiger partial charge < -0.3 is 14.2 Å². The van der Waals surface area contributed by atoms with Crippen molar-refractivity contribution in [3.63, 3.8) is 0 Å². The first-order valence-electron chi connectivity index (χ1n) is 8.35. The second-order valence-corrected chi connectivity index (χ2v) is 6.76. The molecule has 2 aliphatic rings. The maximum Gasteiger partial charge on any atom is 0.350 e. The number of methoxy groups -OCH3 is 2. The van der Waals surface area contributed by atoms with Crippen LogP contribution in [-0.4, -0.2) is 43.3 Å². The Morgan fingerprint density at radius 2 is 1.75 bits per heavy atom. The van der Waals surface area contributed by atoms with Gasteiger partial charge in [-0.05, 0) is 19.1 Å². The van der Waals surface area contributed by atoms with E-state index in [1.807, 2.05) is 0 Å². The minimum atomic E-state index is -0.827. The standard InChI is InChI=1S/C19H17NO7S/c1-4-27-13(21)9-10-14(18(23)25-2)15-16(19(24)26-3)28-12-8-6-5-7-11(12)20(15)17(10)22/h5-8H,4,9H2,1-3H3. The van der Waals surface area contributed by atoms with Gasteiger partial charge in [0.25, 0.3) is 5.56 Å². The van der Waals surface area contributed by atoms with Gasteiger partial charge in [-0.3, -0.25) is 14.2 Å². The van der Waals surface area contributed by atoms with E-state index in [9.17, 15) is 19.2 Å². The highest BCUT2D eigenvalue weighted by Crippen LogP contribution is 2.34. The van der Waals surface area contributed by atoms with Gasteiger partial charge in [0.05, 0.1) is 48.7 Å². The molecule has 146 valence electrons. The molecular formula is C19H17NO7S. The quantitative estimate of drug-likeness (QED) is 0.475. The third-order valence-electron chi connectivity index (χ3n) is 4.14. The molecule has 28 heavy (non-hydrogen) atoms. The number of nitrogens with zero attached hydrogens (tertiary/aromatic N) is 1. The molecule has 3 rings (SSSR count). The van der Waals surface area contributed by atoms with Gasteiger partial charge in [-0.25, -0.2) is 9.59 Å². The number of hydrogen-bond donors (Lipinski definition) is 0. The summed E-state index contributed by atoms with van der Waals surface area (Å²) in [7, 11) is 2.37. The first-order chi connectivity index (χ1) is 13.4. The number of fused-ring (bicyclic) bond motifs is 3. The van der Waals surface area contributed by atoms with Crippen LogP contribution in [-0.2, 0) is 25.4 Å². The monoisotopic (exact) mass is 403 g/mol. The van der Waals surface area contributed by atoms with Gasteiger partial charge in [-0.1, -0.05) is 12.1 Å². The SMILES string of the molecule is CCOC(=O)Cc1c(C(=O)OC)c2c(C(=O)OC)sc3ccccc3n-2c1=O. The number of aromatic nitrogens is 1. The van der Waals surface area contributed by atoms with Crippen molar-refractivity contribution in [3.8, 4) is 5.69 Å². The van der Waals surface area contributed by atoms with E-state index in [4.69, 9.17) is 14.2 Å². The number of hydrogen-bond acceptors (Lipinski definition) is 8. The molecule has 0 bridgehead atoms. The topological polar surface area (TPSA) is 101 Å². The molecule has 2 heterocycles. The average molecular weight is 403 g/mol. The summed E-state index contributed by atoms with van der Waals surface area (Å²) in [6.07, 6.45) is -0.418. The first kappa shape index (κ1) is 19.6. The number of rotatable bonds is 5. The summed E-state index contributed by atoms with van der Waals surface area (Å²) in [5, 5.41) is 0. The molecule has 0 amide bonds. The normalized spacial score (nSPS) is 10.8. The molecule has 0 aliphatic carbocycles. The average Bonchev–Trinajstić information content (AvgIpc) is 2.99. The first-order valence-corrected chi connectivity index (χ1v) is 9.17. The van der Waals surface area contributed by atoms with Crippen LogP contribution in [0.1, 0.15) is 32.5 Å². The van der Waals surface area contributed by atoms with Crippen LogP contribution in [0, 0.1) is 0 Å². The van der Waals surface area contributed by atoms with E-state index < -0.39 is 29.9 Å². The Hall–Kier alpha value is -3.20. The lowest BCUT2D eigenvalue weighted by atomic mass is 10.1. The Kier molecular flexibility index (Phi) is 5.46. The summed E-state index contributed by atoms with van der Waals surface area (Å²) in [5.74, 6) is -2.19. The molecule has 9 heteroatoms. The number of benzene rings is 1. The van der Waals surface area contributed by atoms with E-state index in [1.165, 1.54) is 11.7 Å². The van der Waals surface area contributed by atoms with Gasteiger partial charge in [0.1, 0.15) is 4.88 Å². The molecule has 0 radical (unpaired) electrons. The zero-order valence-corrected chi connectivity index (χ0v) is 16.3. The van der Waals surface area contributed by atoms with Crippen molar-refractivity contribution in [1.29, 1.82) is 0 Å². The van der Waals surface area contributed by atoms with E-state index in [2.05, 4.69) is 0 Å². The van der Waals surface area contributed by atoms with Gasteiger partial charge in [0.15, 0.2) is 0 Å². The van der Waals surface area contributed by atoms with E-state index >= 15 is 0 Å². The van der Waals surface area contributed by atoms with E-state index in [1.54, 1.807) is 31.2 Å². The summed E-state index contributed by atoms with van der Waals surface area (Å²) >= 11 is 1.08. The zero-order valence-electron chi connectivity index (χ0n) is 15.4. The maximum absolute atomic E-state index is 13.2. The highest BCUT2D eigenvalue weighted by Gasteiger charge is 2.34. The second-order valence-electron chi connectivity index (χ2n) is 5.71. The summed E-state index contributed by atoms with van der Waals surface area (Å²) in [4.78, 5) is 50.2. The van der Waals surface area contributed by atoms with Crippen molar-refractivity contribution in [3.05, 3.63) is 50.6 Å². The van der Waals surface area contributed by atoms with Crippen molar-refractivity contribution in [1.82, 2.24) is 4.57 Å². The smallest absolute Gasteiger partial charge is 0.350 e. The molecule has 0 saturated carbocycles. The van der Waals surface area contributed by atoms with Crippen LogP contribution in [0.3, 0.4) is 0 Å². The number of esters is 3. The highest BCUT2D eigenvalue weighted by atomic mass is 32.1. The van der Waals surface area contributed by atoms with E-state index in [-0.39, 0.29) is 28.3 Å². The second kappa shape index (κ2) is 7.81. The fraction of sp³-hybridized carbons (Fsp3) is 0.263. The van der Waals surface area contributed by atoms with Gasteiger partial charge in [0.2, 0.25) is 0 Å². The largest absolute Gasteiger partial charge is 0.466 e. The third-order valence-corrected chi connectivity index (χ3v) is 5.27. The van der Waals surface area contributed by atoms with Crippen LogP contribution >= 0.6 is 11.3 Å². The Morgan fingerprint density at radius 1 is 1.07 bits per heavy atom. The van der Waals surface area contributed by atoms with Crippen LogP contribution in [0.15, 0.2) is 29.1 Å². The fourth-order valence-corrected chi connectivity index (χ4v) is 4.09. The summed E-state index contributed by atoms with van der Waals surface area (Å²) in [6, 6.07) is 6.93. The highest BCUT2D eigenvalue weighted by molar-refractivity contribution is 7.20. The molecular weight excluding hydrogens is 386 g/mol. The maximum atomic E-state index is 13.2. The number of ether oxygens (including phenoxy) is 3. The number of carbonyl (C=O) groups excluding carboxylic acids is 3. The molecule has 1 aromatic rings. The van der Waals surface area contributed by atoms with Crippen molar-refractivity contribution in [2.45, 2.75) is 13.3 Å². The van der Waals surface area contributed by atoms with Crippen molar-refractivity contribution < 1.29 is 28.6 Å². The van der Waals surface area contributed by atoms with Gasteiger partial charge in [0, 0.05) is 5.56 Å². The Bertz CT molecular complexity index is 1110. The minimum absolute atomic E-state index is 0.0618. The summed E-state index contributed by atoms with van der Waals surface area (Å²) in [6.45, 7) is 1.77. The van der Waals surface area contributed by atoms with Crippen LogP contribution in [0.25, 0.3) is 15.9 Å². The third kappa shape index (κ3) is 3.13. The predicted octanol–water partition coefficient (Wildman–Crippen LogP) is 2.17. The lowest BCUT2D eigenvalue weighted by molar-refractivity contribution is -0.142. The predicted molar refractivity (Wildman–Crippen MR) is 102 cm³/mol. The zero-order chi connectivity index (χ0) is 20.4. The van der Waals surface area contributed by atoms with Crippen LogP contribution in [0.4, 0.5) is 0 Å². The fourth-order valence-electron chi connectivity index (χ4n) is 3.00. The molecule has 0 fully saturated rings. The Morgan fingerprint density at radius 3 is 2.39 bits per heavy atom. The van der Waals surface area contributed by atoms with Crippen molar-refractivity contribution in [2.75, 3.05) is 20.8 Å². The molecule has 0 atom stereocenters. The molecule has 0 saturated heterocycles. The van der Waals surface area contributed by atoms with Crippen molar-refractivity contribution >= 4 is 39.5 Å². The van der Waals surface area contributed by atoms with Crippen molar-refractivity contribution in [2.24, 2.45) is 0 Å². The van der Waals surface area contributed by atoms with E-state index in [0.29, 0.717) is 10.2 Å². The molecule has 0 unspecified atom stereocenters. The molecule has 0 N–H and O–H groups in total. The molecule has 0 spiro atoms. The van der Waals surface area contributed by atoms with Gasteiger partial charge in [-0.15, -0.1) is 11.3 Å². The van der Waals surface area contributed by atoms with Crippen LogP contribution in [0.2, 0.25) is 0 Å². The molecule has 0 aromatic heterocycles. The molecule has 8 nitrogen and oxygen atoms in total. The molecule has 2 aliphatic heterocycles. The summed E-state index contributed by atoms with van der Waals surface area (Å²) < 4.78 is 16.5. The number of para-hydroxylation sites is 1. The number of carbonyl (C=O) groups is 3. The van der Waals surface area contributed by atoms with Crippen LogP contribution in [0.5, 0.6) is 0 Å². The lowest BCUT2D eigenvalue weighted by Gasteiger charge is -2.13. The Labute approximate surface area is 163 Å². The lowest BCUT2D eigenvalue weighted by Crippen LogP contribution is -2.20. The van der Waals surface area contributed by atoms with Gasteiger partial charge in [-0.2, -0.15) is 0 Å². The van der Waals surface area contributed by atoms with E-state index in [0.717, 1.165) is 18.4 Å².